The minimum atomic E-state index is -0.971. The highest BCUT2D eigenvalue weighted by atomic mass is 35.5. The van der Waals surface area contributed by atoms with Gasteiger partial charge >= 0.3 is 0 Å². The third-order valence-electron chi connectivity index (χ3n) is 14.6. The van der Waals surface area contributed by atoms with Crippen LogP contribution in [-0.4, -0.2) is 132 Å². The van der Waals surface area contributed by atoms with E-state index in [2.05, 4.69) is 70.8 Å². The van der Waals surface area contributed by atoms with Crippen LogP contribution in [0.1, 0.15) is 82.7 Å². The summed E-state index contributed by atoms with van der Waals surface area (Å²) in [6.45, 7) is 16.7. The van der Waals surface area contributed by atoms with Crippen molar-refractivity contribution in [1.82, 2.24) is 24.9 Å². The molecule has 4 saturated heterocycles. The molecule has 1 saturated carbocycles. The zero-order chi connectivity index (χ0) is 42.7. The number of piperazine rings is 1. The average Bonchev–Trinajstić information content (AvgIpc) is 3.64. The average molecular weight is 845 g/mol. The molecule has 6 aliphatic heterocycles. The van der Waals surface area contributed by atoms with Gasteiger partial charge in [0.1, 0.15) is 24.0 Å². The van der Waals surface area contributed by atoms with Crippen molar-refractivity contribution in [2.24, 2.45) is 10.8 Å². The maximum absolute atomic E-state index is 13.9. The molecule has 0 aromatic heterocycles. The Bertz CT molecular complexity index is 2430. The van der Waals surface area contributed by atoms with Gasteiger partial charge in [0.2, 0.25) is 11.8 Å². The standard InChI is InChI=1S/C46H49ClN8O6/c1-45(2)43(46(3,4)44(45)61-32-8-5-26(20-48)36(47)19-32)54-21-27-17-28(6-9-33(27)40(54)58)50-13-15-51(16-14-50)30-22-53(23-30)31-24-52(25-31)29-7-10-34-35(18-29)42(60)55(41(34)59)37-11-12-38(56)49-39(37)57/h5-10,17-19,30-31,37,43-44H,11-16,21-25H2,1-4H3,(H,49,56,57). The number of ether oxygens (including phenoxy) is 1. The van der Waals surface area contributed by atoms with Gasteiger partial charge in [-0.2, -0.15) is 5.26 Å². The zero-order valence-corrected chi connectivity index (χ0v) is 35.6. The van der Waals surface area contributed by atoms with E-state index in [0.717, 1.165) is 79.8 Å². The first-order valence-electron chi connectivity index (χ1n) is 21.3. The summed E-state index contributed by atoms with van der Waals surface area (Å²) in [5, 5.41) is 11.9. The summed E-state index contributed by atoms with van der Waals surface area (Å²) in [7, 11) is 0. The van der Waals surface area contributed by atoms with Gasteiger partial charge in [0.25, 0.3) is 17.7 Å². The minimum absolute atomic E-state index is 0.0348. The van der Waals surface area contributed by atoms with Gasteiger partial charge in [0, 0.05) is 117 Å². The van der Waals surface area contributed by atoms with E-state index in [4.69, 9.17) is 16.3 Å². The number of imide groups is 2. The lowest BCUT2D eigenvalue weighted by molar-refractivity contribution is -0.199. The second kappa shape index (κ2) is 14.3. The fourth-order valence-corrected chi connectivity index (χ4v) is 11.9. The van der Waals surface area contributed by atoms with E-state index in [1.54, 1.807) is 30.3 Å². The maximum Gasteiger partial charge on any atom is 0.262 e. The molecule has 0 spiro atoms. The molecule has 316 valence electrons. The van der Waals surface area contributed by atoms with Crippen molar-refractivity contribution in [2.45, 2.75) is 77.4 Å². The van der Waals surface area contributed by atoms with E-state index in [1.165, 1.54) is 0 Å². The highest BCUT2D eigenvalue weighted by molar-refractivity contribution is 6.31. The number of hydrogen-bond donors (Lipinski definition) is 1. The van der Waals surface area contributed by atoms with Crippen LogP contribution in [-0.2, 0) is 16.1 Å². The number of nitrogens with zero attached hydrogens (tertiary/aromatic N) is 7. The van der Waals surface area contributed by atoms with Crippen LogP contribution in [0.15, 0.2) is 54.6 Å². The van der Waals surface area contributed by atoms with Crippen LogP contribution < -0.4 is 19.9 Å². The molecule has 0 radical (unpaired) electrons. The molecule has 61 heavy (non-hydrogen) atoms. The monoisotopic (exact) mass is 844 g/mol. The third kappa shape index (κ3) is 6.30. The number of halogens is 1. The fraction of sp³-hybridized carbons (Fsp3) is 0.478. The number of likely N-dealkylation sites (tertiary alicyclic amines) is 1. The van der Waals surface area contributed by atoms with Gasteiger partial charge in [0.05, 0.1) is 21.7 Å². The summed E-state index contributed by atoms with van der Waals surface area (Å²) in [5.74, 6) is -1.28. The van der Waals surface area contributed by atoms with E-state index in [1.807, 2.05) is 17.0 Å². The molecule has 1 unspecified atom stereocenters. The number of nitriles is 1. The number of anilines is 2. The first kappa shape index (κ1) is 39.6. The van der Waals surface area contributed by atoms with Crippen molar-refractivity contribution in [3.63, 3.8) is 0 Å². The van der Waals surface area contributed by atoms with E-state index in [-0.39, 0.29) is 41.7 Å². The van der Waals surface area contributed by atoms with E-state index >= 15 is 0 Å². The Kier molecular flexibility index (Phi) is 9.28. The van der Waals surface area contributed by atoms with Crippen LogP contribution in [0.5, 0.6) is 5.75 Å². The number of hydrogen-bond acceptors (Lipinski definition) is 11. The molecule has 15 heteroatoms. The zero-order valence-electron chi connectivity index (χ0n) is 34.8. The van der Waals surface area contributed by atoms with Gasteiger partial charge in [0.15, 0.2) is 0 Å². The Morgan fingerprint density at radius 1 is 0.738 bits per heavy atom. The van der Waals surface area contributed by atoms with Crippen LogP contribution in [0.3, 0.4) is 0 Å². The van der Waals surface area contributed by atoms with Gasteiger partial charge in [-0.1, -0.05) is 39.3 Å². The lowest BCUT2D eigenvalue weighted by atomic mass is 9.49. The van der Waals surface area contributed by atoms with Gasteiger partial charge < -0.3 is 19.4 Å². The highest BCUT2D eigenvalue weighted by Crippen LogP contribution is 2.59. The summed E-state index contributed by atoms with van der Waals surface area (Å²) < 4.78 is 6.50. The van der Waals surface area contributed by atoms with E-state index in [9.17, 15) is 29.2 Å². The van der Waals surface area contributed by atoms with Crippen molar-refractivity contribution in [3.8, 4) is 11.8 Å². The number of nitrogens with one attached hydrogen (secondary N) is 1. The molecule has 3 aromatic rings. The van der Waals surface area contributed by atoms with Crippen molar-refractivity contribution in [1.29, 1.82) is 5.26 Å². The second-order valence-electron chi connectivity index (χ2n) is 18.9. The third-order valence-corrected chi connectivity index (χ3v) is 14.9. The molecule has 7 aliphatic rings. The second-order valence-corrected chi connectivity index (χ2v) is 19.3. The van der Waals surface area contributed by atoms with Crippen LogP contribution in [0.4, 0.5) is 11.4 Å². The molecule has 6 heterocycles. The number of rotatable bonds is 8. The van der Waals surface area contributed by atoms with Gasteiger partial charge in [-0.25, -0.2) is 0 Å². The molecule has 1 N–H and O–H groups in total. The van der Waals surface area contributed by atoms with Gasteiger partial charge in [-0.15, -0.1) is 0 Å². The summed E-state index contributed by atoms with van der Waals surface area (Å²) in [6, 6.07) is 18.8. The Hall–Kier alpha value is -5.49. The van der Waals surface area contributed by atoms with Gasteiger partial charge in [-0.3, -0.25) is 44.0 Å². The molecule has 10 rings (SSSR count). The predicted octanol–water partition coefficient (Wildman–Crippen LogP) is 4.15. The van der Waals surface area contributed by atoms with Crippen molar-refractivity contribution < 1.29 is 28.7 Å². The van der Waals surface area contributed by atoms with Gasteiger partial charge in [-0.05, 0) is 60.5 Å². The van der Waals surface area contributed by atoms with Crippen LogP contribution in [0.2, 0.25) is 5.02 Å². The van der Waals surface area contributed by atoms with E-state index in [0.29, 0.717) is 46.1 Å². The lowest BCUT2D eigenvalue weighted by Crippen LogP contribution is -2.74. The topological polar surface area (TPSA) is 150 Å². The van der Waals surface area contributed by atoms with E-state index < -0.39 is 29.7 Å². The smallest absolute Gasteiger partial charge is 0.262 e. The largest absolute Gasteiger partial charge is 0.489 e. The molecule has 5 amide bonds. The molecular weight excluding hydrogens is 796 g/mol. The fourth-order valence-electron chi connectivity index (χ4n) is 11.7. The number of carbonyl (C=O) groups excluding carboxylic acids is 5. The number of piperidine rings is 1. The Morgan fingerprint density at radius 3 is 2.07 bits per heavy atom. The Balaban J connectivity index is 0.701. The highest BCUT2D eigenvalue weighted by Gasteiger charge is 2.67. The van der Waals surface area contributed by atoms with Crippen LogP contribution in [0, 0.1) is 22.2 Å². The van der Waals surface area contributed by atoms with Crippen molar-refractivity contribution >= 4 is 52.5 Å². The number of amides is 5. The lowest BCUT2D eigenvalue weighted by Gasteiger charge is -2.65. The number of fused-ring (bicyclic) bond motifs is 2. The first-order valence-corrected chi connectivity index (χ1v) is 21.7. The molecular formula is C46H49ClN8O6. The Morgan fingerprint density at radius 2 is 1.39 bits per heavy atom. The quantitative estimate of drug-likeness (QED) is 0.326. The minimum Gasteiger partial charge on any atom is -0.489 e. The van der Waals surface area contributed by atoms with Crippen molar-refractivity contribution in [3.05, 3.63) is 87.4 Å². The normalized spacial score (nSPS) is 26.4. The molecule has 1 atom stereocenters. The predicted molar refractivity (Wildman–Crippen MR) is 227 cm³/mol. The molecule has 5 fully saturated rings. The molecule has 14 nitrogen and oxygen atoms in total. The summed E-state index contributed by atoms with van der Waals surface area (Å²) in [6.07, 6.45) is 0.0671. The number of benzene rings is 3. The molecule has 1 aliphatic carbocycles. The maximum atomic E-state index is 13.9. The summed E-state index contributed by atoms with van der Waals surface area (Å²) in [5.41, 5.74) is 4.25. The molecule has 0 bridgehead atoms. The van der Waals surface area contributed by atoms with Crippen LogP contribution >= 0.6 is 11.6 Å². The SMILES string of the molecule is CC1(C)C(Oc2ccc(C#N)c(Cl)c2)C(C)(C)C1N1Cc2cc(N3CCN(C4CN(C5CN(c6ccc7c(c6)C(=O)N(C6CCC(=O)NC6=O)C7=O)C5)C4)CC3)ccc2C1=O. The first-order chi connectivity index (χ1) is 29.1. The number of carbonyl (C=O) groups is 5. The Labute approximate surface area is 359 Å². The summed E-state index contributed by atoms with van der Waals surface area (Å²) in [4.78, 5) is 77.3. The van der Waals surface area contributed by atoms with Crippen molar-refractivity contribution in [2.75, 3.05) is 62.2 Å². The summed E-state index contributed by atoms with van der Waals surface area (Å²) >= 11 is 6.31. The molecule has 3 aromatic carbocycles. The van der Waals surface area contributed by atoms with Crippen LogP contribution in [0.25, 0.3) is 0 Å².